The number of aliphatic hydroxyl groups excluding tert-OH is 1. The molecule has 0 radical (unpaired) electrons. The van der Waals surface area contributed by atoms with Crippen molar-refractivity contribution in [2.75, 3.05) is 11.9 Å². The maximum atomic E-state index is 13.2. The number of benzene rings is 1. The third kappa shape index (κ3) is 13.5. The van der Waals surface area contributed by atoms with Crippen LogP contribution in [0.15, 0.2) is 78.9 Å². The molecule has 284 valence electrons. The number of para-hydroxylation sites is 1. The Balaban J connectivity index is 3.43. The zero-order valence-corrected chi connectivity index (χ0v) is 37.0. The lowest BCUT2D eigenvalue weighted by Crippen LogP contribution is -2.49. The van der Waals surface area contributed by atoms with E-state index in [1.165, 1.54) is 5.57 Å². The molecule has 0 unspecified atom stereocenters. The van der Waals surface area contributed by atoms with Gasteiger partial charge in [0.25, 0.3) is 0 Å². The summed E-state index contributed by atoms with van der Waals surface area (Å²) in [6.07, 6.45) is 11.9. The highest BCUT2D eigenvalue weighted by Crippen LogP contribution is 2.42. The molecule has 0 bridgehead atoms. The summed E-state index contributed by atoms with van der Waals surface area (Å²) in [6, 6.07) is 9.73. The van der Waals surface area contributed by atoms with E-state index in [0.29, 0.717) is 0 Å². The van der Waals surface area contributed by atoms with Gasteiger partial charge in [0.2, 0.25) is 5.91 Å². The molecule has 0 aliphatic carbocycles. The van der Waals surface area contributed by atoms with Gasteiger partial charge in [-0.3, -0.25) is 4.79 Å². The molecule has 0 aromatic heterocycles. The summed E-state index contributed by atoms with van der Waals surface area (Å²) in [6.45, 7) is 39.8. The van der Waals surface area contributed by atoms with Crippen LogP contribution in [0.2, 0.25) is 36.3 Å². The maximum Gasteiger partial charge on any atom is 0.250 e. The van der Waals surface area contributed by atoms with Gasteiger partial charge in [-0.05, 0) is 79.7 Å². The first-order chi connectivity index (χ1) is 22.8. The number of nitrogens with zero attached hydrogens (tertiary/aromatic N) is 1. The fourth-order valence-electron chi connectivity index (χ4n) is 5.98. The Morgan fingerprint density at radius 1 is 0.840 bits per heavy atom. The van der Waals surface area contributed by atoms with Gasteiger partial charge in [0, 0.05) is 30.5 Å². The minimum absolute atomic E-state index is 0.0143. The molecular formula is C43H75NO4Si2. The second-order valence-electron chi connectivity index (χ2n) is 18.0. The quantitative estimate of drug-likeness (QED) is 0.0708. The van der Waals surface area contributed by atoms with E-state index in [2.05, 4.69) is 122 Å². The van der Waals surface area contributed by atoms with Gasteiger partial charge in [-0.2, -0.15) is 0 Å². The third-order valence-corrected chi connectivity index (χ3v) is 20.4. The van der Waals surface area contributed by atoms with E-state index in [9.17, 15) is 9.90 Å². The average molecular weight is 726 g/mol. The predicted octanol–water partition coefficient (Wildman–Crippen LogP) is 11.6. The number of likely N-dealkylation sites (N-methyl/N-ethyl adjacent to an activating group) is 1. The van der Waals surface area contributed by atoms with E-state index in [1.54, 1.807) is 17.1 Å². The fourth-order valence-corrected chi connectivity index (χ4v) is 8.92. The summed E-state index contributed by atoms with van der Waals surface area (Å²) in [5.41, 5.74) is 2.15. The SMILES string of the molecule is C=C/C=C\[C@H](C)[C@H](O)[C@@H](C)[C@H](O[Si](C)(C)C(C)(C)C)[C@@H](C)C/C(C)=C\[C@H](C)[C@@H](O[Si](C)(C)C(C)(C)C)[C@@H](C)/C=C\C(=O)N(C)c1ccccc1. The number of hydrogen-bond acceptors (Lipinski definition) is 4. The molecule has 50 heavy (non-hydrogen) atoms. The molecule has 1 rings (SSSR count). The highest BCUT2D eigenvalue weighted by Gasteiger charge is 2.43. The van der Waals surface area contributed by atoms with Gasteiger partial charge < -0.3 is 18.9 Å². The van der Waals surface area contributed by atoms with E-state index in [-0.39, 0.29) is 57.8 Å². The second-order valence-corrected chi connectivity index (χ2v) is 27.5. The molecule has 0 saturated carbocycles. The Bertz CT molecular complexity index is 1290. The van der Waals surface area contributed by atoms with Crippen molar-refractivity contribution >= 4 is 28.2 Å². The van der Waals surface area contributed by atoms with Gasteiger partial charge >= 0.3 is 0 Å². The molecule has 5 nitrogen and oxygen atoms in total. The lowest BCUT2D eigenvalue weighted by molar-refractivity contribution is -0.113. The summed E-state index contributed by atoms with van der Waals surface area (Å²) in [4.78, 5) is 14.8. The summed E-state index contributed by atoms with van der Waals surface area (Å²) in [5.74, 6) is 0.199. The zero-order valence-electron chi connectivity index (χ0n) is 35.0. The molecule has 8 atom stereocenters. The highest BCUT2D eigenvalue weighted by atomic mass is 28.4. The number of carbonyl (C=O) groups excluding carboxylic acids is 1. The molecular weight excluding hydrogens is 651 g/mol. The number of allylic oxidation sites excluding steroid dienone is 3. The molecule has 0 fully saturated rings. The standard InChI is InChI=1S/C43H75NO4Si2/c1-19-20-24-32(3)39(46)36(7)41(48-50(17,18)43(11,12)13)35(6)30-31(2)29-34(5)40(47-49(15,16)42(8,9)10)33(4)27-28-38(45)44(14)37-25-22-21-23-26-37/h19-29,32-36,39-41,46H,1,30H2,2-18H3/b24-20-,28-27-,31-29-/t32-,33-,34-,35-,36+,39-,40-,41+/m0/s1. The van der Waals surface area contributed by atoms with Gasteiger partial charge in [0.15, 0.2) is 16.6 Å². The molecule has 1 amide bonds. The minimum Gasteiger partial charge on any atom is -0.413 e. The van der Waals surface area contributed by atoms with Crippen molar-refractivity contribution in [2.24, 2.45) is 29.6 Å². The van der Waals surface area contributed by atoms with Gasteiger partial charge in [0.1, 0.15) is 0 Å². The molecule has 1 N–H and O–H groups in total. The Morgan fingerprint density at radius 3 is 1.82 bits per heavy atom. The molecule has 0 spiro atoms. The Kier molecular flexibility index (Phi) is 17.6. The number of amides is 1. The lowest BCUT2D eigenvalue weighted by Gasteiger charge is -2.44. The van der Waals surface area contributed by atoms with Crippen molar-refractivity contribution in [3.8, 4) is 0 Å². The average Bonchev–Trinajstić information content (AvgIpc) is 3.01. The van der Waals surface area contributed by atoms with Crippen molar-refractivity contribution in [3.63, 3.8) is 0 Å². The van der Waals surface area contributed by atoms with Crippen molar-refractivity contribution in [3.05, 3.63) is 78.9 Å². The van der Waals surface area contributed by atoms with Crippen LogP contribution in [0.1, 0.15) is 89.5 Å². The van der Waals surface area contributed by atoms with Crippen molar-refractivity contribution in [1.29, 1.82) is 0 Å². The Hall–Kier alpha value is -2.04. The minimum atomic E-state index is -2.13. The zero-order chi connectivity index (χ0) is 38.8. The molecule has 7 heteroatoms. The van der Waals surface area contributed by atoms with Crippen LogP contribution in [0.3, 0.4) is 0 Å². The molecule has 0 aliphatic heterocycles. The Labute approximate surface area is 310 Å². The normalized spacial score (nSPS) is 18.7. The van der Waals surface area contributed by atoms with Crippen LogP contribution < -0.4 is 4.90 Å². The van der Waals surface area contributed by atoms with Gasteiger partial charge in [0.05, 0.1) is 18.3 Å². The monoisotopic (exact) mass is 726 g/mol. The first-order valence-electron chi connectivity index (χ1n) is 18.8. The summed E-state index contributed by atoms with van der Waals surface area (Å²) in [5, 5.41) is 11.6. The van der Waals surface area contributed by atoms with Crippen molar-refractivity contribution in [1.82, 2.24) is 0 Å². The first kappa shape index (κ1) is 46.0. The Morgan fingerprint density at radius 2 is 1.34 bits per heavy atom. The van der Waals surface area contributed by atoms with Gasteiger partial charge in [-0.1, -0.05) is 137 Å². The smallest absolute Gasteiger partial charge is 0.250 e. The summed E-state index contributed by atoms with van der Waals surface area (Å²) < 4.78 is 14.3. The van der Waals surface area contributed by atoms with Crippen LogP contribution >= 0.6 is 0 Å². The van der Waals surface area contributed by atoms with E-state index in [4.69, 9.17) is 8.85 Å². The topological polar surface area (TPSA) is 59.0 Å². The van der Waals surface area contributed by atoms with Gasteiger partial charge in [-0.15, -0.1) is 0 Å². The van der Waals surface area contributed by atoms with E-state index >= 15 is 0 Å². The van der Waals surface area contributed by atoms with Crippen molar-refractivity contribution < 1.29 is 18.8 Å². The van der Waals surface area contributed by atoms with Crippen molar-refractivity contribution in [2.45, 2.75) is 144 Å². The summed E-state index contributed by atoms with van der Waals surface area (Å²) in [7, 11) is -2.45. The number of anilines is 1. The first-order valence-corrected chi connectivity index (χ1v) is 24.6. The number of carbonyl (C=O) groups is 1. The molecule has 0 heterocycles. The van der Waals surface area contributed by atoms with E-state index in [0.717, 1.165) is 12.1 Å². The molecule has 0 saturated heterocycles. The number of rotatable bonds is 18. The van der Waals surface area contributed by atoms with Gasteiger partial charge in [-0.25, -0.2) is 0 Å². The fraction of sp³-hybridized carbons (Fsp3) is 0.651. The largest absolute Gasteiger partial charge is 0.413 e. The van der Waals surface area contributed by atoms with Crippen LogP contribution in [-0.4, -0.2) is 53.0 Å². The van der Waals surface area contributed by atoms with E-state index < -0.39 is 22.7 Å². The lowest BCUT2D eigenvalue weighted by atomic mass is 9.81. The number of aliphatic hydroxyl groups is 1. The number of hydrogen-bond donors (Lipinski definition) is 1. The molecule has 1 aromatic rings. The summed E-state index contributed by atoms with van der Waals surface area (Å²) >= 11 is 0. The van der Waals surface area contributed by atoms with Crippen LogP contribution in [-0.2, 0) is 13.6 Å². The molecule has 0 aliphatic rings. The maximum absolute atomic E-state index is 13.2. The second kappa shape index (κ2) is 19.2. The van der Waals surface area contributed by atoms with Crippen LogP contribution in [0, 0.1) is 29.6 Å². The highest BCUT2D eigenvalue weighted by molar-refractivity contribution is 6.74. The predicted molar refractivity (Wildman–Crippen MR) is 223 cm³/mol. The van der Waals surface area contributed by atoms with Crippen LogP contribution in [0.4, 0.5) is 5.69 Å². The van der Waals surface area contributed by atoms with Crippen LogP contribution in [0.25, 0.3) is 0 Å². The molecule has 1 aromatic carbocycles. The van der Waals surface area contributed by atoms with Crippen LogP contribution in [0.5, 0.6) is 0 Å². The van der Waals surface area contributed by atoms with E-state index in [1.807, 2.05) is 55.6 Å². The third-order valence-electron chi connectivity index (χ3n) is 11.4.